The van der Waals surface area contributed by atoms with Gasteiger partial charge in [0.05, 0.1) is 0 Å². The predicted octanol–water partition coefficient (Wildman–Crippen LogP) is 3.59. The monoisotopic (exact) mass is 240 g/mol. The van der Waals surface area contributed by atoms with Gasteiger partial charge in [-0.1, -0.05) is 36.4 Å². The fourth-order valence-electron chi connectivity index (χ4n) is 2.48. The molecule has 0 bridgehead atoms. The Labute approximate surface area is 107 Å². The summed E-state index contributed by atoms with van der Waals surface area (Å²) < 4.78 is 5.56. The highest BCUT2D eigenvalue weighted by Crippen LogP contribution is 2.21. The molecule has 2 nitrogen and oxygen atoms in total. The molecule has 1 heterocycles. The standard InChI is InChI=1S/C16H16O2/c17-16(15-7-3-4-10-18-15)14-9-8-12-5-1-2-6-13(12)11-14/h1-2,5-6,8-9,11,15H,3-4,7,10H2. The molecule has 2 aromatic rings. The zero-order chi connectivity index (χ0) is 12.4. The summed E-state index contributed by atoms with van der Waals surface area (Å²) in [5, 5.41) is 2.28. The van der Waals surface area contributed by atoms with Crippen LogP contribution < -0.4 is 0 Å². The Bertz CT molecular complexity index is 568. The molecule has 1 saturated heterocycles. The number of fused-ring (bicyclic) bond motifs is 1. The fourth-order valence-corrected chi connectivity index (χ4v) is 2.48. The van der Waals surface area contributed by atoms with Crippen molar-refractivity contribution in [3.63, 3.8) is 0 Å². The topological polar surface area (TPSA) is 26.3 Å². The molecular formula is C16H16O2. The molecule has 0 saturated carbocycles. The van der Waals surface area contributed by atoms with E-state index in [9.17, 15) is 4.79 Å². The lowest BCUT2D eigenvalue weighted by atomic mass is 9.98. The normalized spacial score (nSPS) is 19.9. The summed E-state index contributed by atoms with van der Waals surface area (Å²) in [6.45, 7) is 0.712. The van der Waals surface area contributed by atoms with Crippen molar-refractivity contribution < 1.29 is 9.53 Å². The Kier molecular flexibility index (Phi) is 3.11. The molecule has 18 heavy (non-hydrogen) atoms. The molecular weight excluding hydrogens is 224 g/mol. The predicted molar refractivity (Wildman–Crippen MR) is 71.9 cm³/mol. The van der Waals surface area contributed by atoms with Crippen LogP contribution in [0.25, 0.3) is 10.8 Å². The van der Waals surface area contributed by atoms with Gasteiger partial charge < -0.3 is 4.74 Å². The summed E-state index contributed by atoms with van der Waals surface area (Å²) in [5.41, 5.74) is 0.764. The number of carbonyl (C=O) groups is 1. The third kappa shape index (κ3) is 2.16. The minimum Gasteiger partial charge on any atom is -0.370 e. The van der Waals surface area contributed by atoms with E-state index in [0.717, 1.165) is 30.2 Å². The van der Waals surface area contributed by atoms with E-state index in [-0.39, 0.29) is 11.9 Å². The van der Waals surface area contributed by atoms with E-state index in [1.54, 1.807) is 0 Å². The van der Waals surface area contributed by atoms with E-state index in [2.05, 4.69) is 6.07 Å². The lowest BCUT2D eigenvalue weighted by Crippen LogP contribution is -2.28. The molecule has 0 spiro atoms. The van der Waals surface area contributed by atoms with E-state index >= 15 is 0 Å². The maximum absolute atomic E-state index is 12.3. The zero-order valence-corrected chi connectivity index (χ0v) is 10.3. The lowest BCUT2D eigenvalue weighted by molar-refractivity contribution is 0.0186. The second-order valence-electron chi connectivity index (χ2n) is 4.78. The van der Waals surface area contributed by atoms with Crippen molar-refractivity contribution in [2.24, 2.45) is 0 Å². The lowest BCUT2D eigenvalue weighted by Gasteiger charge is -2.21. The summed E-state index contributed by atoms with van der Waals surface area (Å²) >= 11 is 0. The molecule has 1 atom stereocenters. The number of benzene rings is 2. The first-order valence-electron chi connectivity index (χ1n) is 6.49. The maximum Gasteiger partial charge on any atom is 0.191 e. The van der Waals surface area contributed by atoms with Crippen molar-refractivity contribution in [1.82, 2.24) is 0 Å². The smallest absolute Gasteiger partial charge is 0.191 e. The number of Topliss-reactive ketones (excluding diaryl/α,β-unsaturated/α-hetero) is 1. The summed E-state index contributed by atoms with van der Waals surface area (Å²) in [7, 11) is 0. The van der Waals surface area contributed by atoms with Crippen LogP contribution >= 0.6 is 0 Å². The summed E-state index contributed by atoms with van der Waals surface area (Å²) in [6.07, 6.45) is 2.77. The first-order valence-corrected chi connectivity index (χ1v) is 6.49. The van der Waals surface area contributed by atoms with Crippen molar-refractivity contribution in [2.45, 2.75) is 25.4 Å². The number of hydrogen-bond donors (Lipinski definition) is 0. The van der Waals surface area contributed by atoms with E-state index in [1.165, 1.54) is 5.39 Å². The van der Waals surface area contributed by atoms with Crippen LogP contribution in [0, 0.1) is 0 Å². The Morgan fingerprint density at radius 3 is 2.67 bits per heavy atom. The zero-order valence-electron chi connectivity index (χ0n) is 10.3. The number of rotatable bonds is 2. The number of carbonyl (C=O) groups excluding carboxylic acids is 1. The molecule has 0 aliphatic carbocycles. The van der Waals surface area contributed by atoms with E-state index in [1.807, 2.05) is 36.4 Å². The van der Waals surface area contributed by atoms with Gasteiger partial charge in [-0.05, 0) is 36.1 Å². The second-order valence-corrected chi connectivity index (χ2v) is 4.78. The van der Waals surface area contributed by atoms with Gasteiger partial charge in [0.25, 0.3) is 0 Å². The van der Waals surface area contributed by atoms with Crippen LogP contribution in [-0.4, -0.2) is 18.5 Å². The van der Waals surface area contributed by atoms with Gasteiger partial charge in [0.15, 0.2) is 5.78 Å². The molecule has 0 N–H and O–H groups in total. The van der Waals surface area contributed by atoms with Crippen LogP contribution in [0.5, 0.6) is 0 Å². The molecule has 0 radical (unpaired) electrons. The molecule has 1 fully saturated rings. The summed E-state index contributed by atoms with van der Waals surface area (Å²) in [4.78, 5) is 12.3. The van der Waals surface area contributed by atoms with Gasteiger partial charge in [-0.25, -0.2) is 0 Å². The van der Waals surface area contributed by atoms with Crippen molar-refractivity contribution >= 4 is 16.6 Å². The summed E-state index contributed by atoms with van der Waals surface area (Å²) in [5.74, 6) is 0.125. The third-order valence-corrected chi connectivity index (χ3v) is 3.51. The highest BCUT2D eigenvalue weighted by molar-refractivity contribution is 6.02. The van der Waals surface area contributed by atoms with Gasteiger partial charge in [-0.3, -0.25) is 4.79 Å². The Morgan fingerprint density at radius 1 is 1.06 bits per heavy atom. The number of hydrogen-bond acceptors (Lipinski definition) is 2. The molecule has 0 aromatic heterocycles. The van der Waals surface area contributed by atoms with Gasteiger partial charge in [0.1, 0.15) is 6.10 Å². The molecule has 92 valence electrons. The van der Waals surface area contributed by atoms with Gasteiger partial charge >= 0.3 is 0 Å². The first kappa shape index (κ1) is 11.4. The van der Waals surface area contributed by atoms with E-state index < -0.39 is 0 Å². The third-order valence-electron chi connectivity index (χ3n) is 3.51. The molecule has 2 aromatic carbocycles. The molecule has 1 aliphatic rings. The van der Waals surface area contributed by atoms with Crippen molar-refractivity contribution in [3.8, 4) is 0 Å². The van der Waals surface area contributed by atoms with Gasteiger partial charge in [0, 0.05) is 12.2 Å². The van der Waals surface area contributed by atoms with Crippen LogP contribution in [0.2, 0.25) is 0 Å². The maximum atomic E-state index is 12.3. The van der Waals surface area contributed by atoms with E-state index in [0.29, 0.717) is 6.61 Å². The summed E-state index contributed by atoms with van der Waals surface area (Å²) in [6, 6.07) is 14.0. The fraction of sp³-hybridized carbons (Fsp3) is 0.312. The van der Waals surface area contributed by atoms with Crippen LogP contribution in [0.3, 0.4) is 0 Å². The van der Waals surface area contributed by atoms with Crippen molar-refractivity contribution in [1.29, 1.82) is 0 Å². The Balaban J connectivity index is 1.91. The average Bonchev–Trinajstić information content (AvgIpc) is 2.47. The Morgan fingerprint density at radius 2 is 1.89 bits per heavy atom. The van der Waals surface area contributed by atoms with Gasteiger partial charge in [-0.2, -0.15) is 0 Å². The van der Waals surface area contributed by atoms with Crippen LogP contribution in [0.4, 0.5) is 0 Å². The minimum absolute atomic E-state index is 0.125. The van der Waals surface area contributed by atoms with Crippen molar-refractivity contribution in [2.75, 3.05) is 6.61 Å². The van der Waals surface area contributed by atoms with Crippen LogP contribution in [-0.2, 0) is 4.74 Å². The number of ketones is 1. The number of ether oxygens (including phenoxy) is 1. The highest BCUT2D eigenvalue weighted by Gasteiger charge is 2.23. The first-order chi connectivity index (χ1) is 8.84. The van der Waals surface area contributed by atoms with Crippen LogP contribution in [0.1, 0.15) is 29.6 Å². The molecule has 0 amide bonds. The Hall–Kier alpha value is -1.67. The molecule has 1 unspecified atom stereocenters. The van der Waals surface area contributed by atoms with Gasteiger partial charge in [0.2, 0.25) is 0 Å². The quantitative estimate of drug-likeness (QED) is 0.750. The largest absolute Gasteiger partial charge is 0.370 e. The average molecular weight is 240 g/mol. The van der Waals surface area contributed by atoms with Crippen LogP contribution in [0.15, 0.2) is 42.5 Å². The molecule has 2 heteroatoms. The molecule has 1 aliphatic heterocycles. The van der Waals surface area contributed by atoms with Crippen molar-refractivity contribution in [3.05, 3.63) is 48.0 Å². The SMILES string of the molecule is O=C(c1ccc2ccccc2c1)C1CCCCO1. The van der Waals surface area contributed by atoms with E-state index in [4.69, 9.17) is 4.74 Å². The molecule has 3 rings (SSSR count). The van der Waals surface area contributed by atoms with Gasteiger partial charge in [-0.15, -0.1) is 0 Å². The second kappa shape index (κ2) is 4.91. The minimum atomic E-state index is -0.236. The highest BCUT2D eigenvalue weighted by atomic mass is 16.5.